The summed E-state index contributed by atoms with van der Waals surface area (Å²) in [5, 5.41) is 0. The minimum atomic E-state index is 0.486. The van der Waals surface area contributed by atoms with E-state index in [4.69, 9.17) is 5.73 Å². The van der Waals surface area contributed by atoms with Crippen LogP contribution in [-0.4, -0.2) is 9.97 Å². The van der Waals surface area contributed by atoms with Crippen molar-refractivity contribution in [1.29, 1.82) is 0 Å². The molecule has 0 atom stereocenters. The number of nitrogen functional groups attached to an aromatic ring is 1. The molecule has 0 spiro atoms. The zero-order chi connectivity index (χ0) is 9.10. The first-order chi connectivity index (χ1) is 6.36. The predicted molar refractivity (Wildman–Crippen MR) is 52.9 cm³/mol. The number of anilines is 1. The van der Waals surface area contributed by atoms with Gasteiger partial charge in [0.15, 0.2) is 0 Å². The normalized spacial score (nSPS) is 16.8. The van der Waals surface area contributed by atoms with Crippen molar-refractivity contribution in [3.8, 4) is 0 Å². The second kappa shape index (κ2) is 3.56. The maximum atomic E-state index is 5.46. The minimum absolute atomic E-state index is 0.486. The van der Waals surface area contributed by atoms with E-state index in [1.165, 1.54) is 24.8 Å². The van der Waals surface area contributed by atoms with Gasteiger partial charge in [-0.25, -0.2) is 4.98 Å². The molecule has 1 heterocycles. The van der Waals surface area contributed by atoms with Gasteiger partial charge in [-0.2, -0.15) is 0 Å². The highest BCUT2D eigenvalue weighted by atomic mass is 14.9. The van der Waals surface area contributed by atoms with Gasteiger partial charge < -0.3 is 5.73 Å². The van der Waals surface area contributed by atoms with Gasteiger partial charge in [0.05, 0.1) is 18.1 Å². The lowest BCUT2D eigenvalue weighted by Crippen LogP contribution is -1.97. The molecule has 1 aromatic rings. The fraction of sp³-hybridized carbons (Fsp3) is 0.400. The lowest BCUT2D eigenvalue weighted by atomic mass is 9.97. The second-order valence-electron chi connectivity index (χ2n) is 3.30. The molecule has 0 saturated heterocycles. The van der Waals surface area contributed by atoms with Crippen LogP contribution in [0.3, 0.4) is 0 Å². The van der Waals surface area contributed by atoms with Crippen LogP contribution in [-0.2, 0) is 0 Å². The number of allylic oxidation sites excluding steroid dienone is 2. The highest BCUT2D eigenvalue weighted by Crippen LogP contribution is 2.24. The van der Waals surface area contributed by atoms with Crippen LogP contribution < -0.4 is 5.73 Å². The Morgan fingerprint density at radius 3 is 2.69 bits per heavy atom. The molecule has 1 aromatic heterocycles. The fourth-order valence-electron chi connectivity index (χ4n) is 1.57. The zero-order valence-corrected chi connectivity index (χ0v) is 7.53. The Morgan fingerprint density at radius 2 is 2.08 bits per heavy atom. The van der Waals surface area contributed by atoms with E-state index in [0.717, 1.165) is 12.1 Å². The van der Waals surface area contributed by atoms with Gasteiger partial charge in [-0.15, -0.1) is 0 Å². The number of nitrogens with two attached hydrogens (primary N) is 1. The Kier molecular flexibility index (Phi) is 2.25. The van der Waals surface area contributed by atoms with Gasteiger partial charge in [0.2, 0.25) is 0 Å². The molecule has 68 valence electrons. The van der Waals surface area contributed by atoms with Gasteiger partial charge in [0.25, 0.3) is 0 Å². The van der Waals surface area contributed by atoms with Crippen molar-refractivity contribution in [2.75, 3.05) is 5.73 Å². The van der Waals surface area contributed by atoms with Crippen LogP contribution in [0.25, 0.3) is 5.57 Å². The summed E-state index contributed by atoms with van der Waals surface area (Å²) in [5.74, 6) is 0.486. The van der Waals surface area contributed by atoms with Crippen molar-refractivity contribution in [3.05, 3.63) is 24.2 Å². The van der Waals surface area contributed by atoms with E-state index in [1.54, 1.807) is 12.4 Å². The lowest BCUT2D eigenvalue weighted by Gasteiger charge is -2.11. The van der Waals surface area contributed by atoms with E-state index in [9.17, 15) is 0 Å². The van der Waals surface area contributed by atoms with Crippen LogP contribution in [0.5, 0.6) is 0 Å². The Labute approximate surface area is 77.7 Å². The average molecular weight is 175 g/mol. The van der Waals surface area contributed by atoms with Crippen molar-refractivity contribution in [2.24, 2.45) is 0 Å². The first-order valence-corrected chi connectivity index (χ1v) is 4.63. The molecule has 13 heavy (non-hydrogen) atoms. The molecule has 3 heteroatoms. The first-order valence-electron chi connectivity index (χ1n) is 4.63. The first kappa shape index (κ1) is 8.23. The molecule has 0 bridgehead atoms. The van der Waals surface area contributed by atoms with Gasteiger partial charge in [0.1, 0.15) is 5.82 Å². The van der Waals surface area contributed by atoms with Crippen molar-refractivity contribution in [1.82, 2.24) is 9.97 Å². The van der Waals surface area contributed by atoms with Crippen LogP contribution in [0.15, 0.2) is 18.5 Å². The Morgan fingerprint density at radius 1 is 1.15 bits per heavy atom. The van der Waals surface area contributed by atoms with E-state index in [1.807, 2.05) is 0 Å². The van der Waals surface area contributed by atoms with Crippen LogP contribution in [0.4, 0.5) is 5.82 Å². The van der Waals surface area contributed by atoms with E-state index in [2.05, 4.69) is 16.0 Å². The third-order valence-electron chi connectivity index (χ3n) is 2.29. The number of hydrogen-bond donors (Lipinski definition) is 1. The monoisotopic (exact) mass is 175 g/mol. The molecule has 3 nitrogen and oxygen atoms in total. The Bertz CT molecular complexity index is 313. The Balaban J connectivity index is 2.24. The number of rotatable bonds is 1. The largest absolute Gasteiger partial charge is 0.382 e. The number of hydrogen-bond acceptors (Lipinski definition) is 3. The summed E-state index contributed by atoms with van der Waals surface area (Å²) in [6.45, 7) is 0. The predicted octanol–water partition coefficient (Wildman–Crippen LogP) is 2.02. The molecule has 0 fully saturated rings. The van der Waals surface area contributed by atoms with E-state index in [-0.39, 0.29) is 0 Å². The molecule has 0 unspecified atom stereocenters. The van der Waals surface area contributed by atoms with Crippen LogP contribution in [0, 0.1) is 0 Å². The molecule has 0 aliphatic heterocycles. The number of aromatic nitrogens is 2. The second-order valence-corrected chi connectivity index (χ2v) is 3.30. The molecule has 0 aromatic carbocycles. The van der Waals surface area contributed by atoms with E-state index < -0.39 is 0 Å². The summed E-state index contributed by atoms with van der Waals surface area (Å²) >= 11 is 0. The lowest BCUT2D eigenvalue weighted by molar-refractivity contribution is 0.739. The van der Waals surface area contributed by atoms with Crippen molar-refractivity contribution in [2.45, 2.75) is 25.7 Å². The van der Waals surface area contributed by atoms with Crippen LogP contribution in [0.1, 0.15) is 31.4 Å². The third kappa shape index (κ3) is 1.86. The van der Waals surface area contributed by atoms with Gasteiger partial charge in [-0.05, 0) is 31.3 Å². The topological polar surface area (TPSA) is 51.8 Å². The molecular formula is C10H13N3. The van der Waals surface area contributed by atoms with Gasteiger partial charge in [0, 0.05) is 0 Å². The van der Waals surface area contributed by atoms with Crippen molar-refractivity contribution < 1.29 is 0 Å². The molecule has 1 aliphatic rings. The molecule has 0 saturated carbocycles. The molecule has 1 aliphatic carbocycles. The summed E-state index contributed by atoms with van der Waals surface area (Å²) < 4.78 is 0. The van der Waals surface area contributed by atoms with Gasteiger partial charge in [-0.1, -0.05) is 6.08 Å². The van der Waals surface area contributed by atoms with Crippen LogP contribution >= 0.6 is 0 Å². The zero-order valence-electron chi connectivity index (χ0n) is 7.53. The molecule has 2 rings (SSSR count). The molecular weight excluding hydrogens is 162 g/mol. The standard InChI is InChI=1S/C10H13N3/c11-10-7-12-9(6-13-10)8-4-2-1-3-5-8/h4,6-7H,1-3,5H2,(H2,11,13). The summed E-state index contributed by atoms with van der Waals surface area (Å²) in [4.78, 5) is 8.27. The maximum Gasteiger partial charge on any atom is 0.141 e. The van der Waals surface area contributed by atoms with Crippen LogP contribution in [0.2, 0.25) is 0 Å². The minimum Gasteiger partial charge on any atom is -0.382 e. The third-order valence-corrected chi connectivity index (χ3v) is 2.29. The van der Waals surface area contributed by atoms with Crippen molar-refractivity contribution >= 4 is 11.4 Å². The Hall–Kier alpha value is -1.38. The fourth-order valence-corrected chi connectivity index (χ4v) is 1.57. The quantitative estimate of drug-likeness (QED) is 0.710. The smallest absolute Gasteiger partial charge is 0.141 e. The molecule has 0 amide bonds. The maximum absolute atomic E-state index is 5.46. The highest BCUT2D eigenvalue weighted by molar-refractivity contribution is 5.62. The molecule has 2 N–H and O–H groups in total. The van der Waals surface area contributed by atoms with Crippen molar-refractivity contribution in [3.63, 3.8) is 0 Å². The number of nitrogens with zero attached hydrogens (tertiary/aromatic N) is 2. The van der Waals surface area contributed by atoms with Gasteiger partial charge >= 0.3 is 0 Å². The summed E-state index contributed by atoms with van der Waals surface area (Å²) in [6.07, 6.45) is 10.5. The highest BCUT2D eigenvalue weighted by Gasteiger charge is 2.06. The summed E-state index contributed by atoms with van der Waals surface area (Å²) in [7, 11) is 0. The van der Waals surface area contributed by atoms with E-state index >= 15 is 0 Å². The molecule has 0 radical (unpaired) electrons. The van der Waals surface area contributed by atoms with Gasteiger partial charge in [-0.3, -0.25) is 4.98 Å². The average Bonchev–Trinajstić information content (AvgIpc) is 2.20. The van der Waals surface area contributed by atoms with E-state index in [0.29, 0.717) is 5.82 Å². The summed E-state index contributed by atoms with van der Waals surface area (Å²) in [6, 6.07) is 0. The SMILES string of the molecule is Nc1cnc(C2=CCCCC2)cn1. The summed E-state index contributed by atoms with van der Waals surface area (Å²) in [5.41, 5.74) is 7.76.